The van der Waals surface area contributed by atoms with Crippen LogP contribution in [0.3, 0.4) is 0 Å². The monoisotopic (exact) mass is 268 g/mol. The first-order chi connectivity index (χ1) is 9.88. The Morgan fingerprint density at radius 2 is 1.95 bits per heavy atom. The summed E-state index contributed by atoms with van der Waals surface area (Å²) in [5.41, 5.74) is 2.57. The van der Waals surface area contributed by atoms with Crippen LogP contribution in [0.25, 0.3) is 0 Å². The number of hydrogen-bond acceptors (Lipinski definition) is 3. The van der Waals surface area contributed by atoms with Crippen molar-refractivity contribution in [3.05, 3.63) is 60.2 Å². The second kappa shape index (κ2) is 5.97. The highest BCUT2D eigenvalue weighted by molar-refractivity contribution is 5.50. The summed E-state index contributed by atoms with van der Waals surface area (Å²) in [4.78, 5) is 2.46. The van der Waals surface area contributed by atoms with Crippen LogP contribution in [0, 0.1) is 0 Å². The summed E-state index contributed by atoms with van der Waals surface area (Å²) in [7, 11) is 1.72. The molecule has 1 unspecified atom stereocenters. The lowest BCUT2D eigenvalue weighted by molar-refractivity contribution is 0.412. The highest BCUT2D eigenvalue weighted by Crippen LogP contribution is 2.29. The van der Waals surface area contributed by atoms with E-state index in [0.717, 1.165) is 25.4 Å². The SMILES string of the molecule is COc1cccc(C2CNCCN2c2ccccc2)c1. The number of para-hydroxylation sites is 1. The molecule has 0 saturated carbocycles. The molecule has 2 aromatic rings. The van der Waals surface area contributed by atoms with Crippen LogP contribution in [0.15, 0.2) is 54.6 Å². The highest BCUT2D eigenvalue weighted by Gasteiger charge is 2.24. The zero-order chi connectivity index (χ0) is 13.8. The average Bonchev–Trinajstić information content (AvgIpc) is 2.56. The Morgan fingerprint density at radius 1 is 1.10 bits per heavy atom. The van der Waals surface area contributed by atoms with Crippen LogP contribution in [0.5, 0.6) is 5.75 Å². The van der Waals surface area contributed by atoms with Gasteiger partial charge in [0.1, 0.15) is 5.75 Å². The van der Waals surface area contributed by atoms with E-state index in [1.165, 1.54) is 11.3 Å². The third-order valence-electron chi connectivity index (χ3n) is 3.81. The lowest BCUT2D eigenvalue weighted by atomic mass is 10.0. The lowest BCUT2D eigenvalue weighted by Crippen LogP contribution is -2.46. The highest BCUT2D eigenvalue weighted by atomic mass is 16.5. The summed E-state index contributed by atoms with van der Waals surface area (Å²) in [5.74, 6) is 0.918. The molecule has 0 amide bonds. The first-order valence-electron chi connectivity index (χ1n) is 7.05. The van der Waals surface area contributed by atoms with E-state index in [-0.39, 0.29) is 0 Å². The molecule has 3 rings (SSSR count). The van der Waals surface area contributed by atoms with Crippen LogP contribution < -0.4 is 15.0 Å². The maximum absolute atomic E-state index is 5.35. The van der Waals surface area contributed by atoms with Crippen molar-refractivity contribution in [2.45, 2.75) is 6.04 Å². The van der Waals surface area contributed by atoms with Crippen molar-refractivity contribution >= 4 is 5.69 Å². The molecule has 1 heterocycles. The third kappa shape index (κ3) is 2.63. The van der Waals surface area contributed by atoms with Gasteiger partial charge < -0.3 is 15.0 Å². The number of nitrogens with zero attached hydrogens (tertiary/aromatic N) is 1. The van der Waals surface area contributed by atoms with Crippen molar-refractivity contribution in [3.63, 3.8) is 0 Å². The van der Waals surface area contributed by atoms with Gasteiger partial charge in [0, 0.05) is 25.3 Å². The standard InChI is InChI=1S/C17H20N2O/c1-20-16-9-5-6-14(12-16)17-13-18-10-11-19(17)15-7-3-2-4-8-15/h2-9,12,17-18H,10-11,13H2,1H3. The molecule has 3 nitrogen and oxygen atoms in total. The van der Waals surface area contributed by atoms with E-state index >= 15 is 0 Å². The Bertz CT molecular complexity index is 556. The molecule has 104 valence electrons. The summed E-state index contributed by atoms with van der Waals surface area (Å²) in [6, 6.07) is 19.3. The number of nitrogens with one attached hydrogen (secondary N) is 1. The predicted molar refractivity (Wildman–Crippen MR) is 82.4 cm³/mol. The molecule has 2 aromatic carbocycles. The molecular weight excluding hydrogens is 248 g/mol. The Labute approximate surface area is 120 Å². The molecule has 1 aliphatic rings. The molecule has 1 saturated heterocycles. The van der Waals surface area contributed by atoms with Crippen LogP contribution in [0.2, 0.25) is 0 Å². The number of benzene rings is 2. The zero-order valence-corrected chi connectivity index (χ0v) is 11.8. The predicted octanol–water partition coefficient (Wildman–Crippen LogP) is 2.85. The maximum atomic E-state index is 5.35. The molecule has 1 fully saturated rings. The van der Waals surface area contributed by atoms with Crippen LogP contribution in [-0.4, -0.2) is 26.7 Å². The molecule has 1 atom stereocenters. The van der Waals surface area contributed by atoms with Gasteiger partial charge in [-0.25, -0.2) is 0 Å². The molecule has 1 N–H and O–H groups in total. The largest absolute Gasteiger partial charge is 0.497 e. The Morgan fingerprint density at radius 3 is 2.75 bits per heavy atom. The molecule has 0 radical (unpaired) electrons. The van der Waals surface area contributed by atoms with Gasteiger partial charge in [-0.15, -0.1) is 0 Å². The van der Waals surface area contributed by atoms with Crippen molar-refractivity contribution in [1.82, 2.24) is 5.32 Å². The van der Waals surface area contributed by atoms with Gasteiger partial charge in [0.15, 0.2) is 0 Å². The fraction of sp³-hybridized carbons (Fsp3) is 0.294. The molecule has 20 heavy (non-hydrogen) atoms. The number of ether oxygens (including phenoxy) is 1. The third-order valence-corrected chi connectivity index (χ3v) is 3.81. The van der Waals surface area contributed by atoms with Crippen LogP contribution in [0.4, 0.5) is 5.69 Å². The molecule has 0 spiro atoms. The van der Waals surface area contributed by atoms with Crippen molar-refractivity contribution in [2.24, 2.45) is 0 Å². The van der Waals surface area contributed by atoms with Crippen LogP contribution >= 0.6 is 0 Å². The molecule has 0 aliphatic carbocycles. The van der Waals surface area contributed by atoms with Gasteiger partial charge in [0.2, 0.25) is 0 Å². The maximum Gasteiger partial charge on any atom is 0.119 e. The number of hydrogen-bond donors (Lipinski definition) is 1. The van der Waals surface area contributed by atoms with Crippen molar-refractivity contribution in [1.29, 1.82) is 0 Å². The summed E-state index contributed by atoms with van der Waals surface area (Å²) in [6.07, 6.45) is 0. The fourth-order valence-electron chi connectivity index (χ4n) is 2.78. The van der Waals surface area contributed by atoms with Gasteiger partial charge in [0.05, 0.1) is 13.2 Å². The average molecular weight is 268 g/mol. The van der Waals surface area contributed by atoms with Crippen molar-refractivity contribution < 1.29 is 4.74 Å². The molecule has 3 heteroatoms. The van der Waals surface area contributed by atoms with Crippen molar-refractivity contribution in [3.8, 4) is 5.75 Å². The minimum absolute atomic E-state index is 0.348. The minimum Gasteiger partial charge on any atom is -0.497 e. The van der Waals surface area contributed by atoms with Crippen molar-refractivity contribution in [2.75, 3.05) is 31.6 Å². The molecule has 1 aliphatic heterocycles. The Kier molecular flexibility index (Phi) is 3.88. The molecular formula is C17H20N2O. The Balaban J connectivity index is 1.92. The molecule has 0 bridgehead atoms. The van der Waals surface area contributed by atoms with Crippen LogP contribution in [0.1, 0.15) is 11.6 Å². The van der Waals surface area contributed by atoms with Gasteiger partial charge in [-0.2, -0.15) is 0 Å². The van der Waals surface area contributed by atoms with Gasteiger partial charge in [-0.3, -0.25) is 0 Å². The lowest BCUT2D eigenvalue weighted by Gasteiger charge is -2.38. The van der Waals surface area contributed by atoms with E-state index in [9.17, 15) is 0 Å². The second-order valence-electron chi connectivity index (χ2n) is 5.03. The van der Waals surface area contributed by atoms with Gasteiger partial charge in [0.25, 0.3) is 0 Å². The normalized spacial score (nSPS) is 18.9. The first-order valence-corrected chi connectivity index (χ1v) is 7.05. The topological polar surface area (TPSA) is 24.5 Å². The summed E-state index contributed by atoms with van der Waals surface area (Å²) < 4.78 is 5.35. The van der Waals surface area contributed by atoms with E-state index in [1.807, 2.05) is 6.07 Å². The first kappa shape index (κ1) is 13.0. The minimum atomic E-state index is 0.348. The number of rotatable bonds is 3. The summed E-state index contributed by atoms with van der Waals surface area (Å²) in [5, 5.41) is 3.49. The van der Waals surface area contributed by atoms with E-state index in [4.69, 9.17) is 4.74 Å². The second-order valence-corrected chi connectivity index (χ2v) is 5.03. The fourth-order valence-corrected chi connectivity index (χ4v) is 2.78. The smallest absolute Gasteiger partial charge is 0.119 e. The van der Waals surface area contributed by atoms with Gasteiger partial charge in [-0.05, 0) is 29.8 Å². The summed E-state index contributed by atoms with van der Waals surface area (Å²) >= 11 is 0. The van der Waals surface area contributed by atoms with Crippen LogP contribution in [-0.2, 0) is 0 Å². The zero-order valence-electron chi connectivity index (χ0n) is 11.8. The van der Waals surface area contributed by atoms with E-state index in [2.05, 4.69) is 58.7 Å². The van der Waals surface area contributed by atoms with Gasteiger partial charge >= 0.3 is 0 Å². The number of piperazine rings is 1. The van der Waals surface area contributed by atoms with Gasteiger partial charge in [-0.1, -0.05) is 30.3 Å². The number of anilines is 1. The van der Waals surface area contributed by atoms with E-state index in [0.29, 0.717) is 6.04 Å². The van der Waals surface area contributed by atoms with E-state index in [1.54, 1.807) is 7.11 Å². The quantitative estimate of drug-likeness (QED) is 0.926. The Hall–Kier alpha value is -2.00. The van der Waals surface area contributed by atoms with E-state index < -0.39 is 0 Å². The summed E-state index contributed by atoms with van der Waals surface area (Å²) in [6.45, 7) is 3.00. The molecule has 0 aromatic heterocycles. The number of methoxy groups -OCH3 is 1.